The zero-order chi connectivity index (χ0) is 10.5. The Balaban J connectivity index is 1.76. The van der Waals surface area contributed by atoms with Crippen LogP contribution < -0.4 is 10.6 Å². The first-order chi connectivity index (χ1) is 7.36. The topological polar surface area (TPSA) is 67.2 Å². The molecule has 15 heavy (non-hydrogen) atoms. The largest absolute Gasteiger partial charge is 0.360 e. The molecule has 2 rings (SSSR count). The third-order valence-electron chi connectivity index (χ3n) is 2.55. The van der Waals surface area contributed by atoms with Gasteiger partial charge >= 0.3 is 0 Å². The molecule has 5 nitrogen and oxygen atoms in total. The second kappa shape index (κ2) is 4.93. The zero-order valence-corrected chi connectivity index (χ0v) is 8.53. The van der Waals surface area contributed by atoms with E-state index in [-0.39, 0.29) is 11.9 Å². The fraction of sp³-hybridized carbons (Fsp3) is 0.600. The molecule has 1 aliphatic rings. The van der Waals surface area contributed by atoms with Crippen LogP contribution in [0, 0.1) is 0 Å². The van der Waals surface area contributed by atoms with E-state index in [0.717, 1.165) is 25.8 Å². The van der Waals surface area contributed by atoms with E-state index in [1.54, 1.807) is 12.3 Å². The first-order valence-corrected chi connectivity index (χ1v) is 5.27. The normalized spacial score (nSPS) is 21.2. The van der Waals surface area contributed by atoms with Gasteiger partial charge in [-0.15, -0.1) is 0 Å². The SMILES string of the molecule is O=C(NCc1ccno1)[C@H]1CCCCN1. The van der Waals surface area contributed by atoms with Crippen molar-refractivity contribution < 1.29 is 9.32 Å². The number of carbonyl (C=O) groups excluding carboxylic acids is 1. The number of carbonyl (C=O) groups is 1. The van der Waals surface area contributed by atoms with E-state index in [0.29, 0.717) is 12.3 Å². The van der Waals surface area contributed by atoms with Gasteiger partial charge in [0.1, 0.15) is 0 Å². The zero-order valence-electron chi connectivity index (χ0n) is 8.53. The molecule has 0 unspecified atom stereocenters. The number of nitrogens with one attached hydrogen (secondary N) is 2. The average Bonchev–Trinajstić information content (AvgIpc) is 2.80. The maximum atomic E-state index is 11.7. The van der Waals surface area contributed by atoms with Crippen LogP contribution in [0.4, 0.5) is 0 Å². The van der Waals surface area contributed by atoms with Gasteiger partial charge in [-0.2, -0.15) is 0 Å². The number of hydrogen-bond donors (Lipinski definition) is 2. The van der Waals surface area contributed by atoms with Crippen LogP contribution in [0.1, 0.15) is 25.0 Å². The lowest BCUT2D eigenvalue weighted by Crippen LogP contribution is -2.46. The minimum Gasteiger partial charge on any atom is -0.360 e. The molecule has 2 heterocycles. The summed E-state index contributed by atoms with van der Waals surface area (Å²) < 4.78 is 4.89. The van der Waals surface area contributed by atoms with Crippen LogP contribution >= 0.6 is 0 Å². The van der Waals surface area contributed by atoms with Crippen LogP contribution in [-0.4, -0.2) is 23.7 Å². The van der Waals surface area contributed by atoms with Gasteiger partial charge in [0.25, 0.3) is 0 Å². The molecule has 1 aromatic heterocycles. The summed E-state index contributed by atoms with van der Waals surface area (Å²) in [5.74, 6) is 0.727. The fourth-order valence-corrected chi connectivity index (χ4v) is 1.71. The summed E-state index contributed by atoms with van der Waals surface area (Å²) in [4.78, 5) is 11.7. The van der Waals surface area contributed by atoms with Crippen LogP contribution in [0.25, 0.3) is 0 Å². The molecule has 2 N–H and O–H groups in total. The smallest absolute Gasteiger partial charge is 0.237 e. The summed E-state index contributed by atoms with van der Waals surface area (Å²) in [6.45, 7) is 1.34. The standard InChI is InChI=1S/C10H15N3O2/c14-10(9-3-1-2-5-11-9)12-7-8-4-6-13-15-8/h4,6,9,11H,1-3,5,7H2,(H,12,14)/t9-/m1/s1. The van der Waals surface area contributed by atoms with Gasteiger partial charge in [0.05, 0.1) is 18.8 Å². The summed E-state index contributed by atoms with van der Waals surface area (Å²) in [6, 6.07) is 1.70. The Morgan fingerprint density at radius 2 is 2.60 bits per heavy atom. The van der Waals surface area contributed by atoms with Gasteiger partial charge in [0.15, 0.2) is 5.76 Å². The highest BCUT2D eigenvalue weighted by Crippen LogP contribution is 2.07. The number of aromatic nitrogens is 1. The molecule has 5 heteroatoms. The Morgan fingerprint density at radius 3 is 3.27 bits per heavy atom. The van der Waals surface area contributed by atoms with E-state index in [1.807, 2.05) is 0 Å². The van der Waals surface area contributed by atoms with Gasteiger partial charge in [0, 0.05) is 6.07 Å². The molecular weight excluding hydrogens is 194 g/mol. The highest BCUT2D eigenvalue weighted by atomic mass is 16.5. The molecule has 0 spiro atoms. The van der Waals surface area contributed by atoms with Crippen molar-refractivity contribution in [2.45, 2.75) is 31.8 Å². The van der Waals surface area contributed by atoms with Gasteiger partial charge in [-0.05, 0) is 19.4 Å². The maximum absolute atomic E-state index is 11.7. The maximum Gasteiger partial charge on any atom is 0.237 e. The molecule has 1 atom stereocenters. The van der Waals surface area contributed by atoms with E-state index >= 15 is 0 Å². The van der Waals surface area contributed by atoms with E-state index in [2.05, 4.69) is 15.8 Å². The van der Waals surface area contributed by atoms with Gasteiger partial charge < -0.3 is 15.2 Å². The number of rotatable bonds is 3. The van der Waals surface area contributed by atoms with E-state index in [1.165, 1.54) is 0 Å². The summed E-state index contributed by atoms with van der Waals surface area (Å²) in [6.07, 6.45) is 4.77. The molecule has 1 fully saturated rings. The molecule has 82 valence electrons. The number of nitrogens with zero attached hydrogens (tertiary/aromatic N) is 1. The quantitative estimate of drug-likeness (QED) is 0.757. The second-order valence-corrected chi connectivity index (χ2v) is 3.70. The van der Waals surface area contributed by atoms with E-state index in [9.17, 15) is 4.79 Å². The van der Waals surface area contributed by atoms with Crippen molar-refractivity contribution in [3.8, 4) is 0 Å². The van der Waals surface area contributed by atoms with Gasteiger partial charge in [-0.25, -0.2) is 0 Å². The van der Waals surface area contributed by atoms with Crippen LogP contribution in [0.3, 0.4) is 0 Å². The minimum atomic E-state index is -0.0401. The molecule has 0 radical (unpaired) electrons. The van der Waals surface area contributed by atoms with Crippen molar-refractivity contribution in [1.82, 2.24) is 15.8 Å². The minimum absolute atomic E-state index is 0.0401. The number of hydrogen-bond acceptors (Lipinski definition) is 4. The molecule has 1 saturated heterocycles. The van der Waals surface area contributed by atoms with Crippen molar-refractivity contribution in [3.05, 3.63) is 18.0 Å². The van der Waals surface area contributed by atoms with Crippen molar-refractivity contribution in [3.63, 3.8) is 0 Å². The number of amides is 1. The lowest BCUT2D eigenvalue weighted by molar-refractivity contribution is -0.123. The molecule has 0 saturated carbocycles. The summed E-state index contributed by atoms with van der Waals surface area (Å²) in [5, 5.41) is 9.58. The molecule has 1 amide bonds. The lowest BCUT2D eigenvalue weighted by atomic mass is 10.0. The predicted molar refractivity (Wildman–Crippen MR) is 54.0 cm³/mol. The second-order valence-electron chi connectivity index (χ2n) is 3.70. The first-order valence-electron chi connectivity index (χ1n) is 5.27. The van der Waals surface area contributed by atoms with Gasteiger partial charge in [-0.3, -0.25) is 4.79 Å². The number of piperidine rings is 1. The Bertz CT molecular complexity index is 304. The molecule has 0 aliphatic carbocycles. The van der Waals surface area contributed by atoms with Crippen LogP contribution in [-0.2, 0) is 11.3 Å². The summed E-state index contributed by atoms with van der Waals surface area (Å²) in [7, 11) is 0. The third-order valence-corrected chi connectivity index (χ3v) is 2.55. The Labute approximate surface area is 88.2 Å². The Morgan fingerprint density at radius 1 is 1.67 bits per heavy atom. The van der Waals surface area contributed by atoms with Crippen molar-refractivity contribution in [2.75, 3.05) is 6.54 Å². The highest BCUT2D eigenvalue weighted by Gasteiger charge is 2.19. The predicted octanol–water partition coefficient (Wildman–Crippen LogP) is 0.433. The molecular formula is C10H15N3O2. The third kappa shape index (κ3) is 2.79. The fourth-order valence-electron chi connectivity index (χ4n) is 1.71. The van der Waals surface area contributed by atoms with Crippen LogP contribution in [0.15, 0.2) is 16.8 Å². The monoisotopic (exact) mass is 209 g/mol. The van der Waals surface area contributed by atoms with Crippen molar-refractivity contribution in [1.29, 1.82) is 0 Å². The van der Waals surface area contributed by atoms with E-state index in [4.69, 9.17) is 4.52 Å². The molecule has 1 aromatic rings. The van der Waals surface area contributed by atoms with Crippen molar-refractivity contribution in [2.24, 2.45) is 0 Å². The van der Waals surface area contributed by atoms with Crippen LogP contribution in [0.2, 0.25) is 0 Å². The van der Waals surface area contributed by atoms with Gasteiger partial charge in [0.2, 0.25) is 5.91 Å². The molecule has 1 aliphatic heterocycles. The average molecular weight is 209 g/mol. The Hall–Kier alpha value is -1.36. The molecule has 0 bridgehead atoms. The van der Waals surface area contributed by atoms with E-state index < -0.39 is 0 Å². The lowest BCUT2D eigenvalue weighted by Gasteiger charge is -2.22. The first kappa shape index (κ1) is 10.2. The van der Waals surface area contributed by atoms with Gasteiger partial charge in [-0.1, -0.05) is 11.6 Å². The van der Waals surface area contributed by atoms with Crippen LogP contribution in [0.5, 0.6) is 0 Å². The summed E-state index contributed by atoms with van der Waals surface area (Å²) >= 11 is 0. The van der Waals surface area contributed by atoms with Crippen molar-refractivity contribution >= 4 is 5.91 Å². The molecule has 0 aromatic carbocycles. The highest BCUT2D eigenvalue weighted by molar-refractivity contribution is 5.81. The Kier molecular flexibility index (Phi) is 3.34. The summed E-state index contributed by atoms with van der Waals surface area (Å²) in [5.41, 5.74) is 0.